The molecule has 0 bridgehead atoms. The van der Waals surface area contributed by atoms with Crippen molar-refractivity contribution in [2.75, 3.05) is 19.6 Å². The Hall–Kier alpha value is -1.95. The zero-order valence-corrected chi connectivity index (χ0v) is 16.2. The van der Waals surface area contributed by atoms with Gasteiger partial charge in [0.05, 0.1) is 11.7 Å². The molecule has 6 heteroatoms. The fraction of sp³-hybridized carbons (Fsp3) is 0.619. The van der Waals surface area contributed by atoms with Gasteiger partial charge in [-0.2, -0.15) is 0 Å². The van der Waals surface area contributed by atoms with Gasteiger partial charge in [-0.3, -0.25) is 9.59 Å². The number of likely N-dealkylation sites (tertiary alicyclic amines) is 1. The Labute approximate surface area is 160 Å². The van der Waals surface area contributed by atoms with E-state index in [1.54, 1.807) is 0 Å². The topological polar surface area (TPSA) is 58.6 Å². The number of hydrogen-bond donors (Lipinski definition) is 1. The van der Waals surface area contributed by atoms with Gasteiger partial charge in [0.15, 0.2) is 0 Å². The second kappa shape index (κ2) is 8.38. The summed E-state index contributed by atoms with van der Waals surface area (Å²) in [5.74, 6) is 0.0469. The number of nitrogens with one attached hydrogen (secondary N) is 1. The van der Waals surface area contributed by atoms with Crippen LogP contribution in [0.5, 0.6) is 0 Å². The molecule has 5 nitrogen and oxygen atoms in total. The second-order valence-electron chi connectivity index (χ2n) is 8.16. The van der Waals surface area contributed by atoms with Crippen molar-refractivity contribution in [3.8, 4) is 0 Å². The van der Waals surface area contributed by atoms with Crippen LogP contribution in [-0.4, -0.2) is 48.1 Å². The zero-order valence-electron chi connectivity index (χ0n) is 16.2. The molecule has 1 N–H and O–H groups in total. The maximum atomic E-state index is 12.9. The summed E-state index contributed by atoms with van der Waals surface area (Å²) in [7, 11) is 0. The van der Waals surface area contributed by atoms with Crippen LogP contribution in [0.25, 0.3) is 0 Å². The van der Waals surface area contributed by atoms with E-state index in [1.807, 2.05) is 4.90 Å². The van der Waals surface area contributed by atoms with Gasteiger partial charge in [0, 0.05) is 31.6 Å². The van der Waals surface area contributed by atoms with Crippen molar-refractivity contribution >= 4 is 11.8 Å². The van der Waals surface area contributed by atoms with Crippen molar-refractivity contribution in [3.05, 3.63) is 35.6 Å². The van der Waals surface area contributed by atoms with Crippen LogP contribution >= 0.6 is 0 Å². The quantitative estimate of drug-likeness (QED) is 0.859. The van der Waals surface area contributed by atoms with Gasteiger partial charge in [-0.15, -0.1) is 0 Å². The Balaban J connectivity index is 1.44. The molecule has 0 saturated carbocycles. The molecule has 3 rings (SSSR count). The van der Waals surface area contributed by atoms with Gasteiger partial charge >= 0.3 is 0 Å². The molecule has 2 amide bonds. The molecule has 0 radical (unpaired) electrons. The maximum Gasteiger partial charge on any atom is 0.251 e. The lowest BCUT2D eigenvalue weighted by Gasteiger charge is -2.39. The average Bonchev–Trinajstić information content (AvgIpc) is 3.03. The number of piperidine rings is 1. The Morgan fingerprint density at radius 1 is 1.22 bits per heavy atom. The third-order valence-corrected chi connectivity index (χ3v) is 5.55. The molecule has 2 saturated heterocycles. The van der Waals surface area contributed by atoms with E-state index in [1.165, 1.54) is 24.3 Å². The SMILES string of the molecule is CC(C)CC(=O)N1CCC2(CCC(CNC(=O)c3ccc(F)cc3)O2)CC1. The normalized spacial score (nSPS) is 21.6. The Bertz CT molecular complexity index is 667. The average molecular weight is 376 g/mol. The first-order valence-electron chi connectivity index (χ1n) is 9.86. The van der Waals surface area contributed by atoms with Crippen molar-refractivity contribution in [2.24, 2.45) is 5.92 Å². The van der Waals surface area contributed by atoms with E-state index in [2.05, 4.69) is 19.2 Å². The molecular formula is C21H29FN2O3. The fourth-order valence-corrected chi connectivity index (χ4v) is 3.96. The molecule has 0 aromatic heterocycles. The number of hydrogen-bond acceptors (Lipinski definition) is 3. The first-order valence-corrected chi connectivity index (χ1v) is 9.86. The van der Waals surface area contributed by atoms with Crippen LogP contribution in [0, 0.1) is 11.7 Å². The standard InChI is InChI=1S/C21H29FN2O3/c1-15(2)13-19(25)24-11-9-21(10-12-24)8-7-18(27-21)14-23-20(26)16-3-5-17(22)6-4-16/h3-6,15,18H,7-14H2,1-2H3,(H,23,26). The van der Waals surface area contributed by atoms with Gasteiger partial charge in [0.2, 0.25) is 5.91 Å². The molecular weight excluding hydrogens is 347 g/mol. The van der Waals surface area contributed by atoms with Crippen molar-refractivity contribution < 1.29 is 18.7 Å². The number of carbonyl (C=O) groups is 2. The monoisotopic (exact) mass is 376 g/mol. The minimum absolute atomic E-state index is 0.00712. The van der Waals surface area contributed by atoms with Crippen LogP contribution < -0.4 is 5.32 Å². The number of amides is 2. The van der Waals surface area contributed by atoms with Crippen LogP contribution in [0.15, 0.2) is 24.3 Å². The maximum absolute atomic E-state index is 12.9. The van der Waals surface area contributed by atoms with E-state index in [-0.39, 0.29) is 29.3 Å². The van der Waals surface area contributed by atoms with Crippen LogP contribution in [0.1, 0.15) is 56.3 Å². The minimum atomic E-state index is -0.356. The molecule has 2 aliphatic rings. The zero-order chi connectivity index (χ0) is 19.4. The highest BCUT2D eigenvalue weighted by Crippen LogP contribution is 2.38. The van der Waals surface area contributed by atoms with Gasteiger partial charge in [-0.25, -0.2) is 4.39 Å². The first kappa shape index (κ1) is 19.8. The highest BCUT2D eigenvalue weighted by molar-refractivity contribution is 5.94. The first-order chi connectivity index (χ1) is 12.9. The summed E-state index contributed by atoms with van der Waals surface area (Å²) >= 11 is 0. The number of carbonyl (C=O) groups excluding carboxylic acids is 2. The summed E-state index contributed by atoms with van der Waals surface area (Å²) in [5.41, 5.74) is 0.293. The number of halogens is 1. The largest absolute Gasteiger partial charge is 0.370 e. The van der Waals surface area contributed by atoms with Gasteiger partial charge in [0.1, 0.15) is 5.82 Å². The van der Waals surface area contributed by atoms with E-state index in [0.717, 1.165) is 38.8 Å². The molecule has 2 aliphatic heterocycles. The van der Waals surface area contributed by atoms with Crippen molar-refractivity contribution in [2.45, 2.75) is 57.7 Å². The van der Waals surface area contributed by atoms with Crippen LogP contribution in [0.2, 0.25) is 0 Å². The summed E-state index contributed by atoms with van der Waals surface area (Å²) < 4.78 is 19.2. The summed E-state index contributed by atoms with van der Waals surface area (Å²) in [5, 5.41) is 2.88. The molecule has 148 valence electrons. The van der Waals surface area contributed by atoms with E-state index in [0.29, 0.717) is 24.4 Å². The van der Waals surface area contributed by atoms with E-state index >= 15 is 0 Å². The minimum Gasteiger partial charge on any atom is -0.370 e. The van der Waals surface area contributed by atoms with Crippen molar-refractivity contribution in [3.63, 3.8) is 0 Å². The third kappa shape index (κ3) is 5.06. The van der Waals surface area contributed by atoms with Crippen molar-refractivity contribution in [1.29, 1.82) is 0 Å². The van der Waals surface area contributed by atoms with Crippen molar-refractivity contribution in [1.82, 2.24) is 10.2 Å². The van der Waals surface area contributed by atoms with Gasteiger partial charge in [-0.1, -0.05) is 13.8 Å². The fourth-order valence-electron chi connectivity index (χ4n) is 3.96. The van der Waals surface area contributed by atoms with E-state index in [4.69, 9.17) is 4.74 Å². The van der Waals surface area contributed by atoms with Crippen LogP contribution in [0.4, 0.5) is 4.39 Å². The lowest BCUT2D eigenvalue weighted by atomic mass is 9.88. The summed E-state index contributed by atoms with van der Waals surface area (Å²) in [6, 6.07) is 5.52. The molecule has 1 atom stereocenters. The summed E-state index contributed by atoms with van der Waals surface area (Å²) in [4.78, 5) is 26.3. The van der Waals surface area contributed by atoms with Crippen LogP contribution in [0.3, 0.4) is 0 Å². The Morgan fingerprint density at radius 3 is 2.52 bits per heavy atom. The lowest BCUT2D eigenvalue weighted by Crippen LogP contribution is -2.47. The molecule has 1 aromatic rings. The lowest BCUT2D eigenvalue weighted by molar-refractivity contribution is -0.138. The van der Waals surface area contributed by atoms with Gasteiger partial charge in [-0.05, 0) is 55.9 Å². The number of ether oxygens (including phenoxy) is 1. The van der Waals surface area contributed by atoms with E-state index in [9.17, 15) is 14.0 Å². The Kier molecular flexibility index (Phi) is 6.15. The highest BCUT2D eigenvalue weighted by Gasteiger charge is 2.43. The van der Waals surface area contributed by atoms with Crippen LogP contribution in [-0.2, 0) is 9.53 Å². The predicted molar refractivity (Wildman–Crippen MR) is 101 cm³/mol. The van der Waals surface area contributed by atoms with Gasteiger partial charge < -0.3 is 15.0 Å². The molecule has 2 fully saturated rings. The summed E-state index contributed by atoms with van der Waals surface area (Å²) in [6.45, 7) is 6.08. The van der Waals surface area contributed by atoms with Gasteiger partial charge in [0.25, 0.3) is 5.91 Å². The predicted octanol–water partition coefficient (Wildman–Crippen LogP) is 3.14. The number of nitrogens with zero attached hydrogens (tertiary/aromatic N) is 1. The molecule has 0 aliphatic carbocycles. The smallest absolute Gasteiger partial charge is 0.251 e. The molecule has 1 spiro atoms. The molecule has 1 aromatic carbocycles. The molecule has 1 unspecified atom stereocenters. The second-order valence-corrected chi connectivity index (χ2v) is 8.16. The molecule has 2 heterocycles. The summed E-state index contributed by atoms with van der Waals surface area (Å²) in [6.07, 6.45) is 4.19. The number of benzene rings is 1. The molecule has 27 heavy (non-hydrogen) atoms. The Morgan fingerprint density at radius 2 is 1.89 bits per heavy atom. The van der Waals surface area contributed by atoms with E-state index < -0.39 is 0 Å². The third-order valence-electron chi connectivity index (χ3n) is 5.55. The number of rotatable bonds is 5. The highest BCUT2D eigenvalue weighted by atomic mass is 19.1.